The van der Waals surface area contributed by atoms with Crippen molar-refractivity contribution in [2.45, 2.75) is 21.4 Å². The van der Waals surface area contributed by atoms with Crippen LogP contribution in [0.15, 0.2) is 28.0 Å². The number of hydrogen-bond donors (Lipinski definition) is 3. The van der Waals surface area contributed by atoms with E-state index in [1.807, 2.05) is 0 Å². The second-order valence-electron chi connectivity index (χ2n) is 5.75. The summed E-state index contributed by atoms with van der Waals surface area (Å²) in [6, 6.07) is 1.99. The number of carboxylic acid groups (broad SMARTS) is 1. The van der Waals surface area contributed by atoms with E-state index < -0.39 is 53.0 Å². The Morgan fingerprint density at radius 3 is 2.50 bits per heavy atom. The summed E-state index contributed by atoms with van der Waals surface area (Å²) >= 11 is 0. The minimum Gasteiger partial charge on any atom is -0.465 e. The lowest BCUT2D eigenvalue weighted by molar-refractivity contribution is -0.0435. The lowest BCUT2D eigenvalue weighted by atomic mass is 10.2. The molecule has 0 aliphatic carbocycles. The fraction of sp³-hybridized carbons (Fsp3) is 0.462. The highest BCUT2D eigenvalue weighted by Gasteiger charge is 2.48. The first-order valence-corrected chi connectivity index (χ1v) is 10.6. The van der Waals surface area contributed by atoms with Crippen LogP contribution in [0.4, 0.5) is 23.7 Å². The summed E-state index contributed by atoms with van der Waals surface area (Å²) in [5.74, 6) is 0. The number of nitrogens with two attached hydrogens (primary N) is 1. The molecule has 0 bridgehead atoms. The number of halogens is 3. The van der Waals surface area contributed by atoms with Gasteiger partial charge < -0.3 is 20.1 Å². The van der Waals surface area contributed by atoms with Crippen LogP contribution in [-0.2, 0) is 24.6 Å². The number of benzene rings is 1. The Labute approximate surface area is 158 Å². The van der Waals surface area contributed by atoms with E-state index in [1.165, 1.54) is 0 Å². The Kier molecular flexibility index (Phi) is 6.13. The van der Waals surface area contributed by atoms with E-state index >= 15 is 0 Å². The van der Waals surface area contributed by atoms with Crippen molar-refractivity contribution in [1.82, 2.24) is 4.90 Å². The second-order valence-corrected chi connectivity index (χ2v) is 9.23. The maximum atomic E-state index is 13.0. The molecule has 4 N–H and O–H groups in total. The van der Waals surface area contributed by atoms with Crippen molar-refractivity contribution in [2.75, 3.05) is 31.6 Å². The van der Waals surface area contributed by atoms with Crippen LogP contribution in [0.2, 0.25) is 0 Å². The molecule has 1 aliphatic heterocycles. The first-order chi connectivity index (χ1) is 12.7. The number of nitrogens with one attached hydrogen (secondary N) is 1. The van der Waals surface area contributed by atoms with Crippen molar-refractivity contribution in [2.24, 2.45) is 5.14 Å². The number of anilines is 1. The fourth-order valence-corrected chi connectivity index (χ4v) is 3.99. The van der Waals surface area contributed by atoms with Crippen LogP contribution in [0.5, 0.6) is 0 Å². The SMILES string of the molecule is NS(=O)(=O)c1ccc(NCC2CN(C(=O)O)CCO2)c(S(=O)(=O)C(F)(F)F)c1. The molecule has 10 nitrogen and oxygen atoms in total. The van der Waals surface area contributed by atoms with Gasteiger partial charge in [-0.1, -0.05) is 0 Å². The number of primary sulfonamides is 1. The molecule has 1 atom stereocenters. The van der Waals surface area contributed by atoms with Crippen LogP contribution in [0.25, 0.3) is 0 Å². The van der Waals surface area contributed by atoms with Crippen molar-refractivity contribution in [3.8, 4) is 0 Å². The highest BCUT2D eigenvalue weighted by atomic mass is 32.2. The quantitative estimate of drug-likeness (QED) is 0.586. The lowest BCUT2D eigenvalue weighted by Crippen LogP contribution is -2.47. The smallest absolute Gasteiger partial charge is 0.465 e. The Balaban J connectivity index is 2.35. The maximum absolute atomic E-state index is 13.0. The zero-order valence-electron chi connectivity index (χ0n) is 14.0. The van der Waals surface area contributed by atoms with Gasteiger partial charge in [-0.15, -0.1) is 0 Å². The Morgan fingerprint density at radius 2 is 1.96 bits per heavy atom. The number of hydrogen-bond acceptors (Lipinski definition) is 7. The zero-order chi connectivity index (χ0) is 21.3. The van der Waals surface area contributed by atoms with E-state index in [0.29, 0.717) is 6.07 Å². The van der Waals surface area contributed by atoms with E-state index in [4.69, 9.17) is 15.0 Å². The molecular weight excluding hydrogens is 431 g/mol. The highest BCUT2D eigenvalue weighted by molar-refractivity contribution is 7.92. The second kappa shape index (κ2) is 7.73. The van der Waals surface area contributed by atoms with Crippen LogP contribution < -0.4 is 10.5 Å². The van der Waals surface area contributed by atoms with Gasteiger partial charge in [0.05, 0.1) is 29.8 Å². The molecule has 0 radical (unpaired) electrons. The standard InChI is InChI=1S/C13H16F3N3O7S2/c14-13(15,16)27(22,23)11-5-9(28(17,24)25)1-2-10(11)18-6-8-7-19(12(20)21)3-4-26-8/h1-2,5,8,18H,3-4,6-7H2,(H,20,21)(H2,17,24,25). The number of sulfonamides is 1. The van der Waals surface area contributed by atoms with E-state index in [1.54, 1.807) is 0 Å². The van der Waals surface area contributed by atoms with Gasteiger partial charge in [0.15, 0.2) is 0 Å². The van der Waals surface area contributed by atoms with Crippen molar-refractivity contribution < 1.29 is 44.6 Å². The number of alkyl halides is 3. The summed E-state index contributed by atoms with van der Waals surface area (Å²) in [5, 5.41) is 16.3. The Bertz CT molecular complexity index is 964. The molecule has 28 heavy (non-hydrogen) atoms. The molecule has 1 unspecified atom stereocenters. The minimum absolute atomic E-state index is 0.0523. The number of sulfone groups is 1. The molecule has 1 heterocycles. The predicted octanol–water partition coefficient (Wildman–Crippen LogP) is 0.418. The van der Waals surface area contributed by atoms with Crippen LogP contribution in [0.3, 0.4) is 0 Å². The van der Waals surface area contributed by atoms with Gasteiger partial charge >= 0.3 is 11.6 Å². The van der Waals surface area contributed by atoms with E-state index in [9.17, 15) is 34.8 Å². The summed E-state index contributed by atoms with van der Waals surface area (Å²) in [4.78, 5) is 9.88. The van der Waals surface area contributed by atoms with Gasteiger partial charge in [0.1, 0.15) is 4.90 Å². The van der Waals surface area contributed by atoms with Gasteiger partial charge in [0.2, 0.25) is 10.0 Å². The molecule has 0 aromatic heterocycles. The van der Waals surface area contributed by atoms with Crippen molar-refractivity contribution in [1.29, 1.82) is 0 Å². The summed E-state index contributed by atoms with van der Waals surface area (Å²) in [6.07, 6.45) is -1.96. The minimum atomic E-state index is -5.89. The molecule has 15 heteroatoms. The number of carbonyl (C=O) groups is 1. The van der Waals surface area contributed by atoms with Gasteiger partial charge in [-0.25, -0.2) is 26.8 Å². The number of nitrogens with zero attached hydrogens (tertiary/aromatic N) is 1. The first kappa shape index (κ1) is 22.2. The average Bonchev–Trinajstić information content (AvgIpc) is 2.58. The summed E-state index contributed by atoms with van der Waals surface area (Å²) in [6.45, 7) is -0.142. The third-order valence-electron chi connectivity index (χ3n) is 3.81. The topological polar surface area (TPSA) is 156 Å². The summed E-state index contributed by atoms with van der Waals surface area (Å²) < 4.78 is 90.6. The monoisotopic (exact) mass is 447 g/mol. The normalized spacial score (nSPS) is 18.7. The number of ether oxygens (including phenoxy) is 1. The molecule has 0 saturated carbocycles. The van der Waals surface area contributed by atoms with Gasteiger partial charge in [-0.2, -0.15) is 13.2 Å². The van der Waals surface area contributed by atoms with E-state index in [2.05, 4.69) is 5.32 Å². The zero-order valence-corrected chi connectivity index (χ0v) is 15.6. The number of morpholine rings is 1. The molecule has 1 amide bonds. The van der Waals surface area contributed by atoms with Crippen LogP contribution >= 0.6 is 0 Å². The van der Waals surface area contributed by atoms with Gasteiger partial charge in [0.25, 0.3) is 9.84 Å². The molecular formula is C13H16F3N3O7S2. The lowest BCUT2D eigenvalue weighted by Gasteiger charge is -2.31. The van der Waals surface area contributed by atoms with Crippen molar-refractivity contribution in [3.63, 3.8) is 0 Å². The molecule has 2 rings (SSSR count). The van der Waals surface area contributed by atoms with E-state index in [-0.39, 0.29) is 26.2 Å². The van der Waals surface area contributed by atoms with Gasteiger partial charge in [-0.05, 0) is 18.2 Å². The average molecular weight is 447 g/mol. The predicted molar refractivity (Wildman–Crippen MR) is 88.9 cm³/mol. The molecule has 158 valence electrons. The van der Waals surface area contributed by atoms with E-state index in [0.717, 1.165) is 17.0 Å². The molecule has 0 spiro atoms. The third-order valence-corrected chi connectivity index (χ3v) is 6.24. The van der Waals surface area contributed by atoms with Crippen LogP contribution in [0.1, 0.15) is 0 Å². The van der Waals surface area contributed by atoms with Crippen molar-refractivity contribution >= 4 is 31.6 Å². The largest absolute Gasteiger partial charge is 0.501 e. The van der Waals surface area contributed by atoms with Gasteiger partial charge in [-0.3, -0.25) is 0 Å². The van der Waals surface area contributed by atoms with Gasteiger partial charge in [0, 0.05) is 13.1 Å². The highest BCUT2D eigenvalue weighted by Crippen LogP contribution is 2.35. The molecule has 1 fully saturated rings. The number of rotatable bonds is 5. The summed E-state index contributed by atoms with van der Waals surface area (Å²) in [7, 11) is -10.4. The molecule has 1 aromatic rings. The summed E-state index contributed by atoms with van der Waals surface area (Å²) in [5.41, 5.74) is -6.21. The maximum Gasteiger partial charge on any atom is 0.501 e. The molecule has 1 saturated heterocycles. The fourth-order valence-electron chi connectivity index (χ4n) is 2.41. The van der Waals surface area contributed by atoms with Crippen LogP contribution in [-0.4, -0.2) is 70.8 Å². The van der Waals surface area contributed by atoms with Crippen molar-refractivity contribution in [3.05, 3.63) is 18.2 Å². The Morgan fingerprint density at radius 1 is 1.32 bits per heavy atom. The first-order valence-electron chi connectivity index (χ1n) is 7.55. The third kappa shape index (κ3) is 4.84. The molecule has 1 aromatic carbocycles. The van der Waals surface area contributed by atoms with Crippen LogP contribution in [0, 0.1) is 0 Å². The Hall–Kier alpha value is -2.10. The number of amides is 1. The molecule has 1 aliphatic rings.